The van der Waals surface area contributed by atoms with Crippen LogP contribution in [-0.4, -0.2) is 59.1 Å². The molecule has 2 aliphatic rings. The number of aliphatic carboxylic acids is 1. The first-order valence-corrected chi connectivity index (χ1v) is 6.80. The Morgan fingerprint density at radius 2 is 1.88 bits per heavy atom. The van der Waals surface area contributed by atoms with Crippen molar-refractivity contribution < 1.29 is 9.90 Å². The van der Waals surface area contributed by atoms with Gasteiger partial charge >= 0.3 is 5.97 Å². The third kappa shape index (κ3) is 2.80. The first-order valence-electron chi connectivity index (χ1n) is 6.80. The molecular weight excluding hydrogens is 216 g/mol. The van der Waals surface area contributed by atoms with Gasteiger partial charge in [-0.1, -0.05) is 13.3 Å². The summed E-state index contributed by atoms with van der Waals surface area (Å²) in [6.45, 7) is 8.01. The van der Waals surface area contributed by atoms with E-state index in [4.69, 9.17) is 5.11 Å². The monoisotopic (exact) mass is 240 g/mol. The van der Waals surface area contributed by atoms with Crippen LogP contribution in [0.5, 0.6) is 0 Å². The number of piperazine rings is 1. The van der Waals surface area contributed by atoms with Crippen molar-refractivity contribution in [2.24, 2.45) is 5.92 Å². The van der Waals surface area contributed by atoms with Crippen molar-refractivity contribution in [1.82, 2.24) is 9.80 Å². The third-order valence-electron chi connectivity index (χ3n) is 4.54. The van der Waals surface area contributed by atoms with Crippen molar-refractivity contribution in [3.63, 3.8) is 0 Å². The summed E-state index contributed by atoms with van der Waals surface area (Å²) in [7, 11) is 0. The van der Waals surface area contributed by atoms with Gasteiger partial charge in [0.15, 0.2) is 0 Å². The maximum Gasteiger partial charge on any atom is 0.320 e. The summed E-state index contributed by atoms with van der Waals surface area (Å²) in [6.07, 6.45) is 4.05. The molecule has 4 heteroatoms. The van der Waals surface area contributed by atoms with Crippen molar-refractivity contribution >= 4 is 5.97 Å². The molecule has 17 heavy (non-hydrogen) atoms. The molecule has 1 heterocycles. The smallest absolute Gasteiger partial charge is 0.320 e. The van der Waals surface area contributed by atoms with Gasteiger partial charge in [0.25, 0.3) is 0 Å². The van der Waals surface area contributed by atoms with E-state index in [0.29, 0.717) is 0 Å². The largest absolute Gasteiger partial charge is 0.480 e. The summed E-state index contributed by atoms with van der Waals surface area (Å²) in [4.78, 5) is 15.6. The molecule has 1 aliphatic carbocycles. The summed E-state index contributed by atoms with van der Waals surface area (Å²) < 4.78 is 0. The Labute approximate surface area is 104 Å². The van der Waals surface area contributed by atoms with Gasteiger partial charge in [0.2, 0.25) is 0 Å². The molecule has 0 aromatic heterocycles. The Bertz CT molecular complexity index is 275. The zero-order chi connectivity index (χ0) is 12.4. The molecule has 1 saturated carbocycles. The first-order chi connectivity index (χ1) is 8.09. The Morgan fingerprint density at radius 3 is 2.35 bits per heavy atom. The van der Waals surface area contributed by atoms with Crippen molar-refractivity contribution in [3.8, 4) is 0 Å². The molecule has 4 nitrogen and oxygen atoms in total. The molecule has 0 radical (unpaired) electrons. The van der Waals surface area contributed by atoms with E-state index >= 15 is 0 Å². The van der Waals surface area contributed by atoms with Gasteiger partial charge in [-0.05, 0) is 25.7 Å². The second kappa shape index (κ2) is 5.36. The van der Waals surface area contributed by atoms with Crippen molar-refractivity contribution in [2.75, 3.05) is 26.2 Å². The molecule has 3 atom stereocenters. The van der Waals surface area contributed by atoms with E-state index in [2.05, 4.69) is 16.7 Å². The fourth-order valence-corrected chi connectivity index (χ4v) is 3.28. The Hall–Kier alpha value is -0.610. The molecule has 0 amide bonds. The van der Waals surface area contributed by atoms with Crippen LogP contribution in [0.15, 0.2) is 0 Å². The molecule has 0 bridgehead atoms. The normalized spacial score (nSPS) is 33.8. The first kappa shape index (κ1) is 12.8. The number of hydrogen-bond donors (Lipinski definition) is 1. The highest BCUT2D eigenvalue weighted by Crippen LogP contribution is 2.30. The maximum absolute atomic E-state index is 10.9. The fourth-order valence-electron chi connectivity index (χ4n) is 3.28. The minimum absolute atomic E-state index is 0.335. The number of nitrogens with zero attached hydrogens (tertiary/aromatic N) is 2. The summed E-state index contributed by atoms with van der Waals surface area (Å²) in [6, 6.07) is 0.412. The second-order valence-electron chi connectivity index (χ2n) is 5.56. The SMILES string of the molecule is CC1CCCC1N1CCN(C(C)C(=O)O)CC1. The van der Waals surface area contributed by atoms with E-state index in [9.17, 15) is 4.79 Å². The highest BCUT2D eigenvalue weighted by molar-refractivity contribution is 5.72. The molecule has 3 unspecified atom stereocenters. The highest BCUT2D eigenvalue weighted by atomic mass is 16.4. The molecule has 1 saturated heterocycles. The Morgan fingerprint density at radius 1 is 1.24 bits per heavy atom. The topological polar surface area (TPSA) is 43.8 Å². The van der Waals surface area contributed by atoms with Gasteiger partial charge in [0.1, 0.15) is 6.04 Å². The average molecular weight is 240 g/mol. The lowest BCUT2D eigenvalue weighted by Gasteiger charge is -2.40. The van der Waals surface area contributed by atoms with Crippen molar-refractivity contribution in [2.45, 2.75) is 45.2 Å². The van der Waals surface area contributed by atoms with Crippen LogP contribution in [0.1, 0.15) is 33.1 Å². The molecule has 1 aliphatic heterocycles. The van der Waals surface area contributed by atoms with Crippen LogP contribution in [0.4, 0.5) is 0 Å². The van der Waals surface area contributed by atoms with Crippen LogP contribution in [0.2, 0.25) is 0 Å². The molecule has 0 spiro atoms. The van der Waals surface area contributed by atoms with Crippen LogP contribution in [0.25, 0.3) is 0 Å². The van der Waals surface area contributed by atoms with E-state index in [1.807, 2.05) is 0 Å². The third-order valence-corrected chi connectivity index (χ3v) is 4.54. The lowest BCUT2D eigenvalue weighted by molar-refractivity contribution is -0.143. The molecule has 2 rings (SSSR count). The van der Waals surface area contributed by atoms with Crippen LogP contribution in [0.3, 0.4) is 0 Å². The highest BCUT2D eigenvalue weighted by Gasteiger charge is 2.32. The number of carboxylic acids is 1. The number of rotatable bonds is 3. The molecule has 0 aromatic carbocycles. The van der Waals surface area contributed by atoms with E-state index < -0.39 is 5.97 Å². The van der Waals surface area contributed by atoms with Gasteiger partial charge in [-0.2, -0.15) is 0 Å². The number of carbonyl (C=O) groups is 1. The van der Waals surface area contributed by atoms with Gasteiger partial charge in [-0.3, -0.25) is 14.6 Å². The predicted octanol–water partition coefficient (Wildman–Crippen LogP) is 1.27. The van der Waals surface area contributed by atoms with Gasteiger partial charge in [-0.25, -0.2) is 0 Å². The van der Waals surface area contributed by atoms with Gasteiger partial charge in [0, 0.05) is 32.2 Å². The van der Waals surface area contributed by atoms with Crippen LogP contribution in [-0.2, 0) is 4.79 Å². The molecule has 0 aromatic rings. The summed E-state index contributed by atoms with van der Waals surface area (Å²) in [5.74, 6) is 0.117. The minimum atomic E-state index is -0.701. The van der Waals surface area contributed by atoms with Crippen LogP contribution in [0, 0.1) is 5.92 Å². The fraction of sp³-hybridized carbons (Fsp3) is 0.923. The minimum Gasteiger partial charge on any atom is -0.480 e. The lowest BCUT2D eigenvalue weighted by atomic mass is 10.0. The molecule has 98 valence electrons. The Balaban J connectivity index is 1.83. The zero-order valence-corrected chi connectivity index (χ0v) is 10.9. The van der Waals surface area contributed by atoms with E-state index in [1.165, 1.54) is 19.3 Å². The number of carboxylic acid groups (broad SMARTS) is 1. The van der Waals surface area contributed by atoms with Crippen molar-refractivity contribution in [3.05, 3.63) is 0 Å². The van der Waals surface area contributed by atoms with E-state index in [0.717, 1.165) is 38.1 Å². The summed E-state index contributed by atoms with van der Waals surface area (Å²) in [5, 5.41) is 9.00. The van der Waals surface area contributed by atoms with Crippen LogP contribution >= 0.6 is 0 Å². The maximum atomic E-state index is 10.9. The Kier molecular flexibility index (Phi) is 4.05. The van der Waals surface area contributed by atoms with Crippen LogP contribution < -0.4 is 0 Å². The van der Waals surface area contributed by atoms with Gasteiger partial charge in [0.05, 0.1) is 0 Å². The van der Waals surface area contributed by atoms with E-state index in [-0.39, 0.29) is 6.04 Å². The van der Waals surface area contributed by atoms with Gasteiger partial charge in [-0.15, -0.1) is 0 Å². The average Bonchev–Trinajstić information content (AvgIpc) is 2.74. The summed E-state index contributed by atoms with van der Waals surface area (Å²) in [5.41, 5.74) is 0. The molecular formula is C13H24N2O2. The summed E-state index contributed by atoms with van der Waals surface area (Å²) >= 11 is 0. The van der Waals surface area contributed by atoms with Crippen molar-refractivity contribution in [1.29, 1.82) is 0 Å². The lowest BCUT2D eigenvalue weighted by Crippen LogP contribution is -2.54. The molecule has 2 fully saturated rings. The zero-order valence-electron chi connectivity index (χ0n) is 10.9. The number of hydrogen-bond acceptors (Lipinski definition) is 3. The quantitative estimate of drug-likeness (QED) is 0.806. The predicted molar refractivity (Wildman–Crippen MR) is 67.0 cm³/mol. The molecule has 1 N–H and O–H groups in total. The standard InChI is InChI=1S/C13H24N2O2/c1-10-4-3-5-12(10)15-8-6-14(7-9-15)11(2)13(16)17/h10-12H,3-9H2,1-2H3,(H,16,17). The second-order valence-corrected chi connectivity index (χ2v) is 5.56. The van der Waals surface area contributed by atoms with Gasteiger partial charge < -0.3 is 5.11 Å². The van der Waals surface area contributed by atoms with E-state index in [1.54, 1.807) is 6.92 Å².